The summed E-state index contributed by atoms with van der Waals surface area (Å²) in [7, 11) is -3.72. The van der Waals surface area contributed by atoms with Crippen LogP contribution in [0.1, 0.15) is 12.8 Å². The van der Waals surface area contributed by atoms with E-state index in [1.165, 1.54) is 12.1 Å². The van der Waals surface area contributed by atoms with E-state index in [0.717, 1.165) is 17.3 Å². The second-order valence-electron chi connectivity index (χ2n) is 3.76. The number of sulfonamides is 1. The summed E-state index contributed by atoms with van der Waals surface area (Å²) >= 11 is 5.88. The van der Waals surface area contributed by atoms with Crippen molar-refractivity contribution in [1.29, 1.82) is 0 Å². The first-order valence-electron chi connectivity index (χ1n) is 5.22. The lowest BCUT2D eigenvalue weighted by molar-refractivity contribution is -0.108. The number of nitrogens with zero attached hydrogens (tertiary/aromatic N) is 1. The van der Waals surface area contributed by atoms with Gasteiger partial charge in [-0.2, -0.15) is 0 Å². The number of hydrogen-bond acceptors (Lipinski definition) is 4. The Hall–Kier alpha value is -0.820. The molecule has 0 unspecified atom stereocenters. The number of nitrogen functional groups attached to an aromatic ring is 1. The molecule has 0 atom stereocenters. The van der Waals surface area contributed by atoms with Crippen molar-refractivity contribution < 1.29 is 13.3 Å². The first kappa shape index (κ1) is 12.6. The molecule has 1 aromatic carbocycles. The van der Waals surface area contributed by atoms with E-state index in [-0.39, 0.29) is 9.92 Å². The Balaban J connectivity index is 2.40. The zero-order valence-corrected chi connectivity index (χ0v) is 10.7. The molecule has 2 rings (SSSR count). The van der Waals surface area contributed by atoms with Gasteiger partial charge in [-0.25, -0.2) is 8.42 Å². The van der Waals surface area contributed by atoms with Gasteiger partial charge in [-0.3, -0.25) is 4.84 Å². The molecule has 2 N–H and O–H groups in total. The number of halogens is 1. The molecule has 1 heterocycles. The summed E-state index contributed by atoms with van der Waals surface area (Å²) in [5.74, 6) is 0. The largest absolute Gasteiger partial charge is 0.399 e. The van der Waals surface area contributed by atoms with Crippen molar-refractivity contribution >= 4 is 27.3 Å². The van der Waals surface area contributed by atoms with Crippen LogP contribution in [0.2, 0.25) is 5.02 Å². The highest BCUT2D eigenvalue weighted by Gasteiger charge is 2.29. The molecular formula is C10H13ClN2O3S. The third kappa shape index (κ3) is 2.55. The average molecular weight is 277 g/mol. The van der Waals surface area contributed by atoms with Crippen molar-refractivity contribution in [2.75, 3.05) is 18.9 Å². The van der Waals surface area contributed by atoms with Crippen LogP contribution in [0, 0.1) is 0 Å². The molecule has 17 heavy (non-hydrogen) atoms. The predicted octanol–water partition coefficient (Wildman–Crippen LogP) is 1.64. The van der Waals surface area contributed by atoms with Gasteiger partial charge >= 0.3 is 0 Å². The van der Waals surface area contributed by atoms with Crippen LogP contribution in [-0.2, 0) is 14.9 Å². The van der Waals surface area contributed by atoms with Crippen LogP contribution in [0.5, 0.6) is 0 Å². The highest BCUT2D eigenvalue weighted by molar-refractivity contribution is 7.89. The van der Waals surface area contributed by atoms with Crippen LogP contribution in [0.15, 0.2) is 23.1 Å². The zero-order valence-electron chi connectivity index (χ0n) is 9.10. The number of benzene rings is 1. The molecule has 1 aliphatic heterocycles. The number of anilines is 1. The van der Waals surface area contributed by atoms with Crippen LogP contribution >= 0.6 is 11.6 Å². The summed E-state index contributed by atoms with van der Waals surface area (Å²) in [5, 5.41) is 0.147. The Labute approximate surface area is 105 Å². The monoisotopic (exact) mass is 276 g/mol. The maximum atomic E-state index is 12.2. The van der Waals surface area contributed by atoms with Gasteiger partial charge in [0, 0.05) is 12.2 Å². The number of nitrogens with two attached hydrogens (primary N) is 1. The normalized spacial score (nSPS) is 18.2. The molecule has 1 aliphatic rings. The van der Waals surface area contributed by atoms with Crippen molar-refractivity contribution in [3.8, 4) is 0 Å². The summed E-state index contributed by atoms with van der Waals surface area (Å²) in [6.45, 7) is 0.743. The molecule has 0 saturated carbocycles. The smallest absolute Gasteiger partial charge is 0.266 e. The Morgan fingerprint density at radius 1 is 1.35 bits per heavy atom. The van der Waals surface area contributed by atoms with Crippen molar-refractivity contribution in [2.24, 2.45) is 0 Å². The summed E-state index contributed by atoms with van der Waals surface area (Å²) in [5.41, 5.74) is 5.92. The molecule has 0 aromatic heterocycles. The van der Waals surface area contributed by atoms with Crippen LogP contribution in [0.4, 0.5) is 5.69 Å². The SMILES string of the molecule is Nc1ccc(Cl)c(S(=O)(=O)N2CCCCO2)c1. The van der Waals surface area contributed by atoms with Gasteiger partial charge in [0.2, 0.25) is 0 Å². The molecule has 1 fully saturated rings. The van der Waals surface area contributed by atoms with E-state index in [2.05, 4.69) is 0 Å². The van der Waals surface area contributed by atoms with E-state index in [0.29, 0.717) is 18.8 Å². The molecule has 5 nitrogen and oxygen atoms in total. The first-order valence-corrected chi connectivity index (χ1v) is 7.04. The van der Waals surface area contributed by atoms with Crippen molar-refractivity contribution in [2.45, 2.75) is 17.7 Å². The minimum atomic E-state index is -3.72. The Kier molecular flexibility index (Phi) is 3.58. The fourth-order valence-electron chi connectivity index (χ4n) is 1.59. The molecule has 0 amide bonds. The van der Waals surface area contributed by atoms with E-state index in [9.17, 15) is 8.42 Å². The highest BCUT2D eigenvalue weighted by Crippen LogP contribution is 2.28. The molecule has 94 valence electrons. The van der Waals surface area contributed by atoms with Gasteiger partial charge in [0.1, 0.15) is 4.90 Å². The minimum absolute atomic E-state index is 0.0129. The molecule has 1 saturated heterocycles. The fraction of sp³-hybridized carbons (Fsp3) is 0.400. The van der Waals surface area contributed by atoms with E-state index in [4.69, 9.17) is 22.2 Å². The number of rotatable bonds is 2. The van der Waals surface area contributed by atoms with Gasteiger partial charge in [-0.05, 0) is 31.0 Å². The highest BCUT2D eigenvalue weighted by atomic mass is 35.5. The predicted molar refractivity (Wildman–Crippen MR) is 64.9 cm³/mol. The van der Waals surface area contributed by atoms with Gasteiger partial charge in [0.25, 0.3) is 10.0 Å². The molecule has 7 heteroatoms. The second-order valence-corrected chi connectivity index (χ2v) is 5.97. The topological polar surface area (TPSA) is 72.6 Å². The van der Waals surface area contributed by atoms with Crippen LogP contribution in [0.3, 0.4) is 0 Å². The maximum absolute atomic E-state index is 12.2. The third-order valence-electron chi connectivity index (χ3n) is 2.47. The van der Waals surface area contributed by atoms with Gasteiger partial charge in [0.15, 0.2) is 0 Å². The quantitative estimate of drug-likeness (QED) is 0.834. The molecular weight excluding hydrogens is 264 g/mol. The lowest BCUT2D eigenvalue weighted by atomic mass is 10.3. The lowest BCUT2D eigenvalue weighted by Crippen LogP contribution is -2.35. The van der Waals surface area contributed by atoms with Crippen molar-refractivity contribution in [1.82, 2.24) is 4.47 Å². The van der Waals surface area contributed by atoms with Crippen LogP contribution in [-0.4, -0.2) is 26.0 Å². The number of hydroxylamine groups is 1. The minimum Gasteiger partial charge on any atom is -0.399 e. The van der Waals surface area contributed by atoms with Gasteiger partial charge < -0.3 is 5.73 Å². The molecule has 0 aliphatic carbocycles. The summed E-state index contributed by atoms with van der Waals surface area (Å²) in [6.07, 6.45) is 1.63. The molecule has 0 spiro atoms. The third-order valence-corrected chi connectivity index (χ3v) is 4.63. The van der Waals surface area contributed by atoms with Crippen molar-refractivity contribution in [3.63, 3.8) is 0 Å². The first-order chi connectivity index (χ1) is 8.01. The van der Waals surface area contributed by atoms with Gasteiger partial charge in [-0.1, -0.05) is 16.1 Å². The lowest BCUT2D eigenvalue weighted by Gasteiger charge is -2.25. The summed E-state index contributed by atoms with van der Waals surface area (Å²) in [4.78, 5) is 5.13. The van der Waals surface area contributed by atoms with Crippen LogP contribution in [0.25, 0.3) is 0 Å². The fourth-order valence-corrected chi connectivity index (χ4v) is 3.40. The summed E-state index contributed by atoms with van der Waals surface area (Å²) in [6, 6.07) is 4.36. The number of hydrogen-bond donors (Lipinski definition) is 1. The Morgan fingerprint density at radius 3 is 2.76 bits per heavy atom. The van der Waals surface area contributed by atoms with E-state index >= 15 is 0 Å². The molecule has 1 aromatic rings. The van der Waals surface area contributed by atoms with E-state index < -0.39 is 10.0 Å². The molecule has 0 bridgehead atoms. The van der Waals surface area contributed by atoms with Crippen molar-refractivity contribution in [3.05, 3.63) is 23.2 Å². The Morgan fingerprint density at radius 2 is 2.12 bits per heavy atom. The second kappa shape index (κ2) is 4.81. The Bertz CT molecular complexity index is 512. The molecule has 0 radical (unpaired) electrons. The average Bonchev–Trinajstić information content (AvgIpc) is 2.33. The van der Waals surface area contributed by atoms with E-state index in [1.54, 1.807) is 6.07 Å². The standard InChI is InChI=1S/C10H13ClN2O3S/c11-9-4-3-8(12)7-10(9)17(14,15)13-5-1-2-6-16-13/h3-4,7H,1-2,5-6,12H2. The van der Waals surface area contributed by atoms with Gasteiger partial charge in [-0.15, -0.1) is 0 Å². The maximum Gasteiger partial charge on any atom is 0.266 e. The zero-order chi connectivity index (χ0) is 12.5. The van der Waals surface area contributed by atoms with Crippen LogP contribution < -0.4 is 5.73 Å². The summed E-state index contributed by atoms with van der Waals surface area (Å²) < 4.78 is 25.4. The van der Waals surface area contributed by atoms with E-state index in [1.807, 2.05) is 0 Å². The van der Waals surface area contributed by atoms with Gasteiger partial charge in [0.05, 0.1) is 11.6 Å².